The third-order valence-corrected chi connectivity index (χ3v) is 2.42. The van der Waals surface area contributed by atoms with Crippen LogP contribution >= 0.6 is 15.9 Å². The molecule has 0 aliphatic carbocycles. The van der Waals surface area contributed by atoms with Crippen molar-refractivity contribution in [1.29, 1.82) is 0 Å². The highest BCUT2D eigenvalue weighted by Gasteiger charge is 1.98. The predicted molar refractivity (Wildman–Crippen MR) is 59.2 cm³/mol. The van der Waals surface area contributed by atoms with Crippen LogP contribution < -0.4 is 0 Å². The molecule has 1 aromatic carbocycles. The van der Waals surface area contributed by atoms with Crippen LogP contribution in [0.4, 0.5) is 0 Å². The third-order valence-electron chi connectivity index (χ3n) is 1.89. The Morgan fingerprint density at radius 1 is 1.43 bits per heavy atom. The van der Waals surface area contributed by atoms with Crippen molar-refractivity contribution in [3.63, 3.8) is 0 Å². The largest absolute Gasteiger partial charge is 0.478 e. The Kier molecular flexibility index (Phi) is 3.89. The summed E-state index contributed by atoms with van der Waals surface area (Å²) in [4.78, 5) is 10.5. The molecule has 0 fully saturated rings. The lowest BCUT2D eigenvalue weighted by atomic mass is 10.1. The van der Waals surface area contributed by atoms with Gasteiger partial charge in [0.2, 0.25) is 0 Å². The molecular weight excluding hydrogens is 244 g/mol. The maximum absolute atomic E-state index is 10.5. The average molecular weight is 255 g/mol. The fourth-order valence-corrected chi connectivity index (χ4v) is 1.24. The fourth-order valence-electron chi connectivity index (χ4n) is 0.979. The number of rotatable bonds is 3. The zero-order valence-electron chi connectivity index (χ0n) is 7.83. The fraction of sp³-hybridized carbons (Fsp3) is 0.182. The van der Waals surface area contributed by atoms with Crippen molar-refractivity contribution in [3.8, 4) is 0 Å². The van der Waals surface area contributed by atoms with Gasteiger partial charge in [-0.1, -0.05) is 34.1 Å². The molecule has 1 aromatic rings. The summed E-state index contributed by atoms with van der Waals surface area (Å²) in [6.07, 6.45) is 2.37. The third kappa shape index (κ3) is 3.34. The molecule has 74 valence electrons. The van der Waals surface area contributed by atoms with Gasteiger partial charge in [0.1, 0.15) is 0 Å². The van der Waals surface area contributed by atoms with Crippen molar-refractivity contribution in [3.05, 3.63) is 46.0 Å². The lowest BCUT2D eigenvalue weighted by molar-refractivity contribution is -0.132. The number of hydrogen-bond donors (Lipinski definition) is 1. The standard InChI is InChI=1S/C11H11BrO2/c1-8(11(13)14)2-3-9-4-6-10(12)7-5-9/h2,4-7H,3H2,1H3,(H,13,14). The number of carbonyl (C=O) groups is 1. The highest BCUT2D eigenvalue weighted by Crippen LogP contribution is 2.11. The first kappa shape index (κ1) is 11.0. The smallest absolute Gasteiger partial charge is 0.330 e. The summed E-state index contributed by atoms with van der Waals surface area (Å²) in [7, 11) is 0. The molecule has 0 saturated heterocycles. The topological polar surface area (TPSA) is 37.3 Å². The van der Waals surface area contributed by atoms with Gasteiger partial charge >= 0.3 is 5.97 Å². The van der Waals surface area contributed by atoms with E-state index in [0.29, 0.717) is 12.0 Å². The van der Waals surface area contributed by atoms with Gasteiger partial charge in [0, 0.05) is 10.0 Å². The van der Waals surface area contributed by atoms with Crippen LogP contribution in [-0.2, 0) is 11.2 Å². The van der Waals surface area contributed by atoms with E-state index >= 15 is 0 Å². The summed E-state index contributed by atoms with van der Waals surface area (Å²) in [5, 5.41) is 8.63. The molecule has 0 bridgehead atoms. The number of allylic oxidation sites excluding steroid dienone is 1. The van der Waals surface area contributed by atoms with Crippen molar-refractivity contribution in [2.24, 2.45) is 0 Å². The van der Waals surface area contributed by atoms with Crippen LogP contribution in [0, 0.1) is 0 Å². The molecule has 0 aliphatic heterocycles. The summed E-state index contributed by atoms with van der Waals surface area (Å²) >= 11 is 3.34. The quantitative estimate of drug-likeness (QED) is 0.843. The highest BCUT2D eigenvalue weighted by molar-refractivity contribution is 9.10. The second-order valence-electron chi connectivity index (χ2n) is 3.02. The molecule has 1 N–H and O–H groups in total. The number of carboxylic acids is 1. The summed E-state index contributed by atoms with van der Waals surface area (Å²) in [6, 6.07) is 7.82. The SMILES string of the molecule is CC(=CCc1ccc(Br)cc1)C(=O)O. The van der Waals surface area contributed by atoms with Crippen molar-refractivity contribution >= 4 is 21.9 Å². The Morgan fingerprint density at radius 3 is 2.50 bits per heavy atom. The van der Waals surface area contributed by atoms with Gasteiger partial charge < -0.3 is 5.11 Å². The number of halogens is 1. The van der Waals surface area contributed by atoms with E-state index in [1.54, 1.807) is 13.0 Å². The molecule has 0 amide bonds. The summed E-state index contributed by atoms with van der Waals surface area (Å²) in [6.45, 7) is 1.60. The van der Waals surface area contributed by atoms with Crippen LogP contribution in [0.5, 0.6) is 0 Å². The van der Waals surface area contributed by atoms with Gasteiger partial charge in [-0.2, -0.15) is 0 Å². The Labute approximate surface area is 91.4 Å². The zero-order chi connectivity index (χ0) is 10.6. The molecule has 0 radical (unpaired) electrons. The Bertz CT molecular complexity index is 352. The minimum Gasteiger partial charge on any atom is -0.478 e. The average Bonchev–Trinajstić information content (AvgIpc) is 2.16. The van der Waals surface area contributed by atoms with E-state index in [2.05, 4.69) is 15.9 Å². The van der Waals surface area contributed by atoms with Gasteiger partial charge in [-0.25, -0.2) is 4.79 Å². The van der Waals surface area contributed by atoms with E-state index < -0.39 is 5.97 Å². The highest BCUT2D eigenvalue weighted by atomic mass is 79.9. The van der Waals surface area contributed by atoms with Gasteiger partial charge in [0.15, 0.2) is 0 Å². The molecule has 0 aromatic heterocycles. The molecule has 0 heterocycles. The second-order valence-corrected chi connectivity index (χ2v) is 3.94. The first-order valence-corrected chi connectivity index (χ1v) is 5.03. The van der Waals surface area contributed by atoms with Gasteiger partial charge in [0.05, 0.1) is 0 Å². The Hall–Kier alpha value is -1.09. The first-order valence-electron chi connectivity index (χ1n) is 4.24. The molecule has 1 rings (SSSR count). The van der Waals surface area contributed by atoms with Crippen LogP contribution in [-0.4, -0.2) is 11.1 Å². The zero-order valence-corrected chi connectivity index (χ0v) is 9.41. The minimum atomic E-state index is -0.859. The van der Waals surface area contributed by atoms with Gasteiger partial charge in [0.25, 0.3) is 0 Å². The van der Waals surface area contributed by atoms with E-state index in [0.717, 1.165) is 10.0 Å². The van der Waals surface area contributed by atoms with Gasteiger partial charge in [-0.05, 0) is 31.0 Å². The monoisotopic (exact) mass is 254 g/mol. The van der Waals surface area contributed by atoms with Crippen LogP contribution in [0.25, 0.3) is 0 Å². The molecule has 0 aliphatic rings. The maximum atomic E-state index is 10.5. The van der Waals surface area contributed by atoms with Crippen molar-refractivity contribution < 1.29 is 9.90 Å². The molecule has 0 spiro atoms. The van der Waals surface area contributed by atoms with Crippen molar-refractivity contribution in [2.75, 3.05) is 0 Å². The molecule has 2 nitrogen and oxygen atoms in total. The molecule has 0 saturated carbocycles. The first-order chi connectivity index (χ1) is 6.59. The van der Waals surface area contributed by atoms with Crippen molar-refractivity contribution in [2.45, 2.75) is 13.3 Å². The van der Waals surface area contributed by atoms with Crippen LogP contribution in [0.2, 0.25) is 0 Å². The second kappa shape index (κ2) is 4.96. The predicted octanol–water partition coefficient (Wildman–Crippen LogP) is 3.02. The summed E-state index contributed by atoms with van der Waals surface area (Å²) in [5.74, 6) is -0.859. The number of aliphatic carboxylic acids is 1. The van der Waals surface area contributed by atoms with Gasteiger partial charge in [-0.3, -0.25) is 0 Å². The van der Waals surface area contributed by atoms with Gasteiger partial charge in [-0.15, -0.1) is 0 Å². The Balaban J connectivity index is 2.66. The van der Waals surface area contributed by atoms with Crippen LogP contribution in [0.1, 0.15) is 12.5 Å². The van der Waals surface area contributed by atoms with E-state index in [-0.39, 0.29) is 0 Å². The van der Waals surface area contributed by atoms with Crippen molar-refractivity contribution in [1.82, 2.24) is 0 Å². The summed E-state index contributed by atoms with van der Waals surface area (Å²) < 4.78 is 1.03. The molecule has 0 atom stereocenters. The van der Waals surface area contributed by atoms with E-state index in [9.17, 15) is 4.79 Å². The number of benzene rings is 1. The van der Waals surface area contributed by atoms with Crippen LogP contribution in [0.15, 0.2) is 40.4 Å². The maximum Gasteiger partial charge on any atom is 0.330 e. The number of hydrogen-bond acceptors (Lipinski definition) is 1. The van der Waals surface area contributed by atoms with E-state index in [1.165, 1.54) is 0 Å². The molecule has 14 heavy (non-hydrogen) atoms. The lowest BCUT2D eigenvalue weighted by Crippen LogP contribution is -1.96. The molecule has 0 unspecified atom stereocenters. The van der Waals surface area contributed by atoms with E-state index in [1.807, 2.05) is 24.3 Å². The summed E-state index contributed by atoms with van der Waals surface area (Å²) in [5.41, 5.74) is 1.49. The minimum absolute atomic E-state index is 0.382. The van der Waals surface area contributed by atoms with E-state index in [4.69, 9.17) is 5.11 Å². The Morgan fingerprint density at radius 2 is 2.00 bits per heavy atom. The lowest BCUT2D eigenvalue weighted by Gasteiger charge is -1.97. The normalized spacial score (nSPS) is 11.4. The molecular formula is C11H11BrO2. The molecule has 3 heteroatoms. The van der Waals surface area contributed by atoms with Crippen LogP contribution in [0.3, 0.4) is 0 Å². The number of carboxylic acid groups (broad SMARTS) is 1.